The molecule has 1 saturated heterocycles. The van der Waals surface area contributed by atoms with Crippen molar-refractivity contribution < 1.29 is 5.21 Å². The average molecular weight is 293 g/mol. The molecule has 0 radical (unpaired) electrons. The van der Waals surface area contributed by atoms with Gasteiger partial charge < -0.3 is 10.9 Å². The number of amidine groups is 1. The highest BCUT2D eigenvalue weighted by Crippen LogP contribution is 2.20. The van der Waals surface area contributed by atoms with Crippen LogP contribution in [0.4, 0.5) is 0 Å². The number of piperidine rings is 1. The molecule has 0 amide bonds. The zero-order valence-electron chi connectivity index (χ0n) is 13.1. The standard InChI is InChI=1S/C15H27N5O/c1-3-14(4-2)20-10-7-13(17-20)11-19-8-5-12(6-9-19)15(16)18-21/h7,10,12,14,21H,3-6,8-9,11H2,1-2H3,(H2,16,18). The van der Waals surface area contributed by atoms with Gasteiger partial charge in [-0.05, 0) is 44.8 Å². The van der Waals surface area contributed by atoms with Crippen molar-refractivity contribution in [1.29, 1.82) is 0 Å². The van der Waals surface area contributed by atoms with Crippen LogP contribution in [0.15, 0.2) is 17.4 Å². The summed E-state index contributed by atoms with van der Waals surface area (Å²) in [6.07, 6.45) is 6.22. The molecule has 1 fully saturated rings. The molecule has 0 atom stereocenters. The number of oxime groups is 1. The number of hydrogen-bond acceptors (Lipinski definition) is 4. The first-order valence-electron chi connectivity index (χ1n) is 7.91. The number of aromatic nitrogens is 2. The molecule has 118 valence electrons. The Morgan fingerprint density at radius 3 is 2.67 bits per heavy atom. The molecule has 3 N–H and O–H groups in total. The van der Waals surface area contributed by atoms with Gasteiger partial charge in [-0.2, -0.15) is 5.10 Å². The molecule has 0 aliphatic carbocycles. The van der Waals surface area contributed by atoms with Gasteiger partial charge in [-0.15, -0.1) is 0 Å². The summed E-state index contributed by atoms with van der Waals surface area (Å²) in [6, 6.07) is 2.62. The molecular formula is C15H27N5O. The van der Waals surface area contributed by atoms with Crippen LogP contribution >= 0.6 is 0 Å². The van der Waals surface area contributed by atoms with Gasteiger partial charge in [0.15, 0.2) is 0 Å². The van der Waals surface area contributed by atoms with Gasteiger partial charge in [0.2, 0.25) is 0 Å². The van der Waals surface area contributed by atoms with Crippen LogP contribution in [0.2, 0.25) is 0 Å². The van der Waals surface area contributed by atoms with Crippen molar-refractivity contribution in [2.45, 2.75) is 52.1 Å². The van der Waals surface area contributed by atoms with Crippen LogP contribution in [0.1, 0.15) is 51.3 Å². The molecule has 0 saturated carbocycles. The summed E-state index contributed by atoms with van der Waals surface area (Å²) in [5, 5.41) is 16.6. The first-order chi connectivity index (χ1) is 10.2. The lowest BCUT2D eigenvalue weighted by atomic mass is 9.96. The van der Waals surface area contributed by atoms with E-state index in [4.69, 9.17) is 16.0 Å². The summed E-state index contributed by atoms with van der Waals surface area (Å²) in [7, 11) is 0. The Balaban J connectivity index is 1.86. The van der Waals surface area contributed by atoms with E-state index in [0.29, 0.717) is 11.9 Å². The molecule has 6 heteroatoms. The van der Waals surface area contributed by atoms with Crippen molar-refractivity contribution in [3.05, 3.63) is 18.0 Å². The fourth-order valence-electron chi connectivity index (χ4n) is 3.03. The molecule has 0 spiro atoms. The van der Waals surface area contributed by atoms with Crippen molar-refractivity contribution in [2.24, 2.45) is 16.8 Å². The smallest absolute Gasteiger partial charge is 0.142 e. The molecule has 2 rings (SSSR count). The second kappa shape index (κ2) is 7.45. The van der Waals surface area contributed by atoms with Gasteiger partial charge in [-0.1, -0.05) is 19.0 Å². The SMILES string of the molecule is CCC(CC)n1ccc(CN2CCC(C(N)=NO)CC2)n1. The highest BCUT2D eigenvalue weighted by atomic mass is 16.4. The third-order valence-corrected chi connectivity index (χ3v) is 4.49. The van der Waals surface area contributed by atoms with E-state index >= 15 is 0 Å². The largest absolute Gasteiger partial charge is 0.409 e. The maximum Gasteiger partial charge on any atom is 0.142 e. The lowest BCUT2D eigenvalue weighted by Crippen LogP contribution is -2.38. The van der Waals surface area contributed by atoms with Crippen molar-refractivity contribution in [3.63, 3.8) is 0 Å². The molecule has 0 unspecified atom stereocenters. The van der Waals surface area contributed by atoms with Crippen molar-refractivity contribution in [2.75, 3.05) is 13.1 Å². The van der Waals surface area contributed by atoms with Crippen LogP contribution < -0.4 is 5.73 Å². The van der Waals surface area contributed by atoms with Gasteiger partial charge in [0, 0.05) is 18.7 Å². The summed E-state index contributed by atoms with van der Waals surface area (Å²) >= 11 is 0. The van der Waals surface area contributed by atoms with Gasteiger partial charge in [-0.25, -0.2) is 0 Å². The molecule has 2 heterocycles. The quantitative estimate of drug-likeness (QED) is 0.365. The molecule has 1 aliphatic rings. The second-order valence-electron chi connectivity index (χ2n) is 5.83. The van der Waals surface area contributed by atoms with E-state index in [0.717, 1.165) is 51.0 Å². The number of nitrogens with two attached hydrogens (primary N) is 1. The topological polar surface area (TPSA) is 79.7 Å². The number of rotatable bonds is 6. The molecule has 0 aromatic carbocycles. The minimum atomic E-state index is 0.216. The third-order valence-electron chi connectivity index (χ3n) is 4.49. The molecule has 6 nitrogen and oxygen atoms in total. The zero-order chi connectivity index (χ0) is 15.2. The first-order valence-corrected chi connectivity index (χ1v) is 7.91. The lowest BCUT2D eigenvalue weighted by Gasteiger charge is -2.30. The van der Waals surface area contributed by atoms with E-state index in [1.807, 2.05) is 0 Å². The van der Waals surface area contributed by atoms with Gasteiger partial charge in [0.05, 0.1) is 11.7 Å². The van der Waals surface area contributed by atoms with Gasteiger partial charge in [0.25, 0.3) is 0 Å². The number of likely N-dealkylation sites (tertiary alicyclic amines) is 1. The van der Waals surface area contributed by atoms with E-state index in [1.165, 1.54) is 0 Å². The number of nitrogens with zero attached hydrogens (tertiary/aromatic N) is 4. The molecular weight excluding hydrogens is 266 g/mol. The fraction of sp³-hybridized carbons (Fsp3) is 0.733. The number of hydrogen-bond donors (Lipinski definition) is 2. The van der Waals surface area contributed by atoms with Gasteiger partial charge >= 0.3 is 0 Å². The summed E-state index contributed by atoms with van der Waals surface area (Å²) in [5.74, 6) is 0.584. The summed E-state index contributed by atoms with van der Waals surface area (Å²) < 4.78 is 2.10. The Bertz CT molecular complexity index is 458. The molecule has 21 heavy (non-hydrogen) atoms. The van der Waals surface area contributed by atoms with Crippen molar-refractivity contribution >= 4 is 5.84 Å². The van der Waals surface area contributed by atoms with E-state index in [1.54, 1.807) is 0 Å². The highest BCUT2D eigenvalue weighted by molar-refractivity contribution is 5.82. The predicted octanol–water partition coefficient (Wildman–Crippen LogP) is 2.20. The Morgan fingerprint density at radius 1 is 1.43 bits per heavy atom. The van der Waals surface area contributed by atoms with Crippen LogP contribution in [0, 0.1) is 5.92 Å². The summed E-state index contributed by atoms with van der Waals surface area (Å²) in [5.41, 5.74) is 6.81. The van der Waals surface area contributed by atoms with E-state index in [9.17, 15) is 0 Å². The van der Waals surface area contributed by atoms with E-state index < -0.39 is 0 Å². The van der Waals surface area contributed by atoms with Gasteiger partial charge in [0.1, 0.15) is 5.84 Å². The Morgan fingerprint density at radius 2 is 2.10 bits per heavy atom. The average Bonchev–Trinajstić information content (AvgIpc) is 2.97. The van der Waals surface area contributed by atoms with Gasteiger partial charge in [-0.3, -0.25) is 9.58 Å². The van der Waals surface area contributed by atoms with Crippen LogP contribution in [0.5, 0.6) is 0 Å². The molecule has 1 aromatic heterocycles. The van der Waals surface area contributed by atoms with E-state index in [-0.39, 0.29) is 5.92 Å². The fourth-order valence-corrected chi connectivity index (χ4v) is 3.03. The Hall–Kier alpha value is -1.56. The summed E-state index contributed by atoms with van der Waals surface area (Å²) in [6.45, 7) is 7.23. The first kappa shape index (κ1) is 15.8. The maximum absolute atomic E-state index is 8.73. The van der Waals surface area contributed by atoms with E-state index in [2.05, 4.69) is 40.8 Å². The Labute approximate surface area is 126 Å². The Kier molecular flexibility index (Phi) is 5.61. The van der Waals surface area contributed by atoms with Crippen LogP contribution in [0.3, 0.4) is 0 Å². The summed E-state index contributed by atoms with van der Waals surface area (Å²) in [4.78, 5) is 2.39. The van der Waals surface area contributed by atoms with Crippen LogP contribution in [-0.2, 0) is 6.54 Å². The van der Waals surface area contributed by atoms with Crippen LogP contribution in [0.25, 0.3) is 0 Å². The molecule has 0 bridgehead atoms. The van der Waals surface area contributed by atoms with Crippen molar-refractivity contribution in [3.8, 4) is 0 Å². The minimum absolute atomic E-state index is 0.216. The normalized spacial score (nSPS) is 18.5. The predicted molar refractivity (Wildman–Crippen MR) is 83.3 cm³/mol. The minimum Gasteiger partial charge on any atom is -0.409 e. The molecule has 1 aromatic rings. The lowest BCUT2D eigenvalue weighted by molar-refractivity contribution is 0.196. The highest BCUT2D eigenvalue weighted by Gasteiger charge is 2.22. The monoisotopic (exact) mass is 293 g/mol. The molecule has 1 aliphatic heterocycles. The van der Waals surface area contributed by atoms with Crippen molar-refractivity contribution in [1.82, 2.24) is 14.7 Å². The van der Waals surface area contributed by atoms with Crippen LogP contribution in [-0.4, -0.2) is 38.8 Å². The maximum atomic E-state index is 8.73. The second-order valence-corrected chi connectivity index (χ2v) is 5.83. The third kappa shape index (κ3) is 3.97. The zero-order valence-corrected chi connectivity index (χ0v) is 13.1.